The van der Waals surface area contributed by atoms with Crippen LogP contribution in [0.1, 0.15) is 33.1 Å². The fourth-order valence-electron chi connectivity index (χ4n) is 3.15. The van der Waals surface area contributed by atoms with Crippen molar-refractivity contribution in [3.63, 3.8) is 0 Å². The molecule has 146 valence electrons. The molecule has 0 radical (unpaired) electrons. The number of para-hydroxylation sites is 1. The number of carbonyl (C=O) groups excluding carboxylic acids is 1. The average Bonchev–Trinajstić information content (AvgIpc) is 3.13. The van der Waals surface area contributed by atoms with E-state index >= 15 is 0 Å². The molecule has 0 bridgehead atoms. The molecule has 0 N–H and O–H groups in total. The number of hydrogen-bond donors (Lipinski definition) is 0. The lowest BCUT2D eigenvalue weighted by Gasteiger charge is -2.21. The number of anilines is 1. The number of aromatic nitrogens is 4. The molecule has 0 spiro atoms. The van der Waals surface area contributed by atoms with Crippen LogP contribution in [0.5, 0.6) is 0 Å². The maximum Gasteiger partial charge on any atom is 0.258 e. The van der Waals surface area contributed by atoms with Gasteiger partial charge in [-0.25, -0.2) is 4.98 Å². The van der Waals surface area contributed by atoms with Gasteiger partial charge in [0.1, 0.15) is 0 Å². The summed E-state index contributed by atoms with van der Waals surface area (Å²) < 4.78 is 1.62. The zero-order valence-corrected chi connectivity index (χ0v) is 17.2. The van der Waals surface area contributed by atoms with Crippen LogP contribution >= 0.6 is 11.6 Å². The molecule has 0 aliphatic rings. The van der Waals surface area contributed by atoms with E-state index in [0.717, 1.165) is 16.9 Å². The molecule has 2 aromatic heterocycles. The average molecular weight is 406 g/mol. The molecule has 2 aromatic carbocycles. The molecule has 29 heavy (non-hydrogen) atoms. The van der Waals surface area contributed by atoms with Crippen molar-refractivity contribution in [3.8, 4) is 0 Å². The van der Waals surface area contributed by atoms with Crippen LogP contribution in [0.4, 0.5) is 5.69 Å². The van der Waals surface area contributed by atoms with Gasteiger partial charge in [-0.1, -0.05) is 47.5 Å². The predicted octanol–water partition coefficient (Wildman–Crippen LogP) is 4.55. The summed E-state index contributed by atoms with van der Waals surface area (Å²) in [5.74, 6) is 0.843. The minimum absolute atomic E-state index is 0.117. The van der Waals surface area contributed by atoms with Crippen molar-refractivity contribution < 1.29 is 4.79 Å². The topological polar surface area (TPSA) is 63.4 Å². The SMILES string of the molecule is Cc1ccc(C(=O)N(Cc2nc3nc(C)c(Cl)c(C)n3n2)c2ccccc2)cc1. The lowest BCUT2D eigenvalue weighted by molar-refractivity contribution is 0.0984. The Hall–Kier alpha value is -3.25. The first kappa shape index (κ1) is 19.1. The van der Waals surface area contributed by atoms with E-state index in [1.807, 2.05) is 75.4 Å². The highest BCUT2D eigenvalue weighted by molar-refractivity contribution is 6.31. The number of fused-ring (bicyclic) bond motifs is 1. The molecule has 0 saturated carbocycles. The van der Waals surface area contributed by atoms with E-state index in [4.69, 9.17) is 11.6 Å². The van der Waals surface area contributed by atoms with Crippen molar-refractivity contribution in [1.82, 2.24) is 19.6 Å². The number of aryl methyl sites for hydroxylation is 3. The van der Waals surface area contributed by atoms with Gasteiger partial charge in [0.25, 0.3) is 11.7 Å². The third-order valence-electron chi connectivity index (χ3n) is 4.77. The zero-order valence-electron chi connectivity index (χ0n) is 16.4. The largest absolute Gasteiger partial charge is 0.301 e. The summed E-state index contributed by atoms with van der Waals surface area (Å²) in [5.41, 5.74) is 3.95. The van der Waals surface area contributed by atoms with Crippen LogP contribution in [0.25, 0.3) is 5.78 Å². The van der Waals surface area contributed by atoms with Crippen LogP contribution in [0.3, 0.4) is 0 Å². The van der Waals surface area contributed by atoms with Crippen molar-refractivity contribution in [2.75, 3.05) is 4.90 Å². The molecule has 0 aliphatic carbocycles. The number of carbonyl (C=O) groups is 1. The van der Waals surface area contributed by atoms with Gasteiger partial charge in [-0.05, 0) is 45.0 Å². The number of halogens is 1. The molecule has 0 unspecified atom stereocenters. The van der Waals surface area contributed by atoms with Crippen molar-refractivity contribution in [2.24, 2.45) is 0 Å². The van der Waals surface area contributed by atoms with Crippen LogP contribution in [0.15, 0.2) is 54.6 Å². The van der Waals surface area contributed by atoms with Gasteiger partial charge in [0.2, 0.25) is 0 Å². The molecule has 6 nitrogen and oxygen atoms in total. The summed E-state index contributed by atoms with van der Waals surface area (Å²) in [5, 5.41) is 5.09. The van der Waals surface area contributed by atoms with Gasteiger partial charge >= 0.3 is 0 Å². The second kappa shape index (κ2) is 7.64. The highest BCUT2D eigenvalue weighted by atomic mass is 35.5. The number of benzene rings is 2. The van der Waals surface area contributed by atoms with Crippen molar-refractivity contribution in [3.05, 3.63) is 88.0 Å². The monoisotopic (exact) mass is 405 g/mol. The highest BCUT2D eigenvalue weighted by Gasteiger charge is 2.21. The molecular weight excluding hydrogens is 386 g/mol. The van der Waals surface area contributed by atoms with Gasteiger partial charge in [-0.15, -0.1) is 5.10 Å². The number of hydrogen-bond acceptors (Lipinski definition) is 4. The van der Waals surface area contributed by atoms with Gasteiger partial charge in [-0.2, -0.15) is 9.50 Å². The van der Waals surface area contributed by atoms with E-state index in [1.165, 1.54) is 0 Å². The molecule has 4 aromatic rings. The van der Waals surface area contributed by atoms with Crippen molar-refractivity contribution in [1.29, 1.82) is 0 Å². The zero-order chi connectivity index (χ0) is 20.5. The van der Waals surface area contributed by atoms with Gasteiger partial charge in [0, 0.05) is 11.3 Å². The molecule has 7 heteroatoms. The molecule has 0 atom stereocenters. The third-order valence-corrected chi connectivity index (χ3v) is 5.31. The smallest absolute Gasteiger partial charge is 0.258 e. The van der Waals surface area contributed by atoms with E-state index in [1.54, 1.807) is 9.42 Å². The lowest BCUT2D eigenvalue weighted by atomic mass is 10.1. The summed E-state index contributed by atoms with van der Waals surface area (Å²) in [6, 6.07) is 17.0. The molecule has 0 saturated heterocycles. The lowest BCUT2D eigenvalue weighted by Crippen LogP contribution is -2.31. The van der Waals surface area contributed by atoms with E-state index in [-0.39, 0.29) is 12.5 Å². The van der Waals surface area contributed by atoms with E-state index < -0.39 is 0 Å². The standard InChI is InChI=1S/C22H20ClN5O/c1-14-9-11-17(12-10-14)21(29)27(18-7-5-4-6-8-18)13-19-25-22-24-15(2)20(23)16(3)28(22)26-19/h4-12H,13H2,1-3H3. The van der Waals surface area contributed by atoms with Gasteiger partial charge < -0.3 is 4.90 Å². The Labute approximate surface area is 173 Å². The molecule has 1 amide bonds. The Morgan fingerprint density at radius 3 is 2.38 bits per heavy atom. The first-order valence-electron chi connectivity index (χ1n) is 9.26. The van der Waals surface area contributed by atoms with Crippen molar-refractivity contribution in [2.45, 2.75) is 27.3 Å². The van der Waals surface area contributed by atoms with Crippen LogP contribution in [0, 0.1) is 20.8 Å². The van der Waals surface area contributed by atoms with Crippen LogP contribution in [0.2, 0.25) is 5.02 Å². The molecule has 4 rings (SSSR count). The van der Waals surface area contributed by atoms with Crippen LogP contribution in [-0.4, -0.2) is 25.5 Å². The second-order valence-corrected chi connectivity index (χ2v) is 7.31. The minimum Gasteiger partial charge on any atom is -0.301 e. The quantitative estimate of drug-likeness (QED) is 0.499. The molecule has 0 fully saturated rings. The number of nitrogens with zero attached hydrogens (tertiary/aromatic N) is 5. The maximum absolute atomic E-state index is 13.3. The Morgan fingerprint density at radius 2 is 1.69 bits per heavy atom. The predicted molar refractivity (Wildman–Crippen MR) is 113 cm³/mol. The summed E-state index contributed by atoms with van der Waals surface area (Å²) in [6.07, 6.45) is 0. The summed E-state index contributed by atoms with van der Waals surface area (Å²) in [6.45, 7) is 5.91. The van der Waals surface area contributed by atoms with E-state index in [9.17, 15) is 4.79 Å². The van der Waals surface area contributed by atoms with E-state index in [2.05, 4.69) is 15.1 Å². The van der Waals surface area contributed by atoms with Gasteiger partial charge in [0.05, 0.1) is 23.0 Å². The fourth-order valence-corrected chi connectivity index (χ4v) is 3.27. The number of amides is 1. The Balaban J connectivity index is 1.74. The Morgan fingerprint density at radius 1 is 1.00 bits per heavy atom. The molecule has 0 aliphatic heterocycles. The van der Waals surface area contributed by atoms with Crippen molar-refractivity contribution >= 4 is 29.0 Å². The summed E-state index contributed by atoms with van der Waals surface area (Å²) >= 11 is 6.30. The first-order valence-corrected chi connectivity index (χ1v) is 9.64. The van der Waals surface area contributed by atoms with Crippen LogP contribution in [-0.2, 0) is 6.54 Å². The normalized spacial score (nSPS) is 11.0. The fraction of sp³-hybridized carbons (Fsp3) is 0.182. The summed E-state index contributed by atoms with van der Waals surface area (Å²) in [7, 11) is 0. The van der Waals surface area contributed by atoms with Crippen LogP contribution < -0.4 is 4.90 Å². The first-order chi connectivity index (χ1) is 13.9. The Bertz CT molecular complexity index is 1190. The van der Waals surface area contributed by atoms with Gasteiger partial charge in [0.15, 0.2) is 5.82 Å². The second-order valence-electron chi connectivity index (χ2n) is 6.93. The van der Waals surface area contributed by atoms with Gasteiger partial charge in [-0.3, -0.25) is 4.79 Å². The number of rotatable bonds is 4. The Kier molecular flexibility index (Phi) is 5.03. The minimum atomic E-state index is -0.117. The summed E-state index contributed by atoms with van der Waals surface area (Å²) in [4.78, 5) is 23.9. The molecular formula is C22H20ClN5O. The highest BCUT2D eigenvalue weighted by Crippen LogP contribution is 2.22. The molecule has 2 heterocycles. The maximum atomic E-state index is 13.3. The van der Waals surface area contributed by atoms with E-state index in [0.29, 0.717) is 27.9 Å². The third kappa shape index (κ3) is 3.71.